The van der Waals surface area contributed by atoms with Crippen molar-refractivity contribution in [2.45, 2.75) is 50.7 Å². The molecular weight excluding hydrogens is 404 g/mol. The molecule has 2 aliphatic heterocycles. The largest absolute Gasteiger partial charge is 0.491 e. The highest BCUT2D eigenvalue weighted by molar-refractivity contribution is 7.89. The minimum absolute atomic E-state index is 0.0275. The Kier molecular flexibility index (Phi) is 5.84. The molecule has 1 aromatic heterocycles. The summed E-state index contributed by atoms with van der Waals surface area (Å²) in [5, 5.41) is 4.34. The summed E-state index contributed by atoms with van der Waals surface area (Å²) in [5.41, 5.74) is 1.66. The highest BCUT2D eigenvalue weighted by atomic mass is 32.2. The van der Waals surface area contributed by atoms with Crippen molar-refractivity contribution in [1.29, 1.82) is 0 Å². The van der Waals surface area contributed by atoms with E-state index in [0.717, 1.165) is 31.5 Å². The van der Waals surface area contributed by atoms with Gasteiger partial charge in [0.15, 0.2) is 0 Å². The standard InChI is InChI=1S/C21H28N4O4S/c1-16(2)29-17-6-8-18(9-7-17)30(27,28)24-13-11-23(12-14-24)21(26)19-15-22-25-10-4-3-5-20(19)25/h6-9,15-16H,3-5,10-14H2,1-2H3. The van der Waals surface area contributed by atoms with Gasteiger partial charge in [-0.2, -0.15) is 9.40 Å². The van der Waals surface area contributed by atoms with E-state index in [0.29, 0.717) is 24.4 Å². The highest BCUT2D eigenvalue weighted by Gasteiger charge is 2.32. The van der Waals surface area contributed by atoms with Crippen molar-refractivity contribution < 1.29 is 17.9 Å². The summed E-state index contributed by atoms with van der Waals surface area (Å²) in [6.07, 6.45) is 4.71. The Morgan fingerprint density at radius 3 is 2.40 bits per heavy atom. The molecule has 30 heavy (non-hydrogen) atoms. The number of ether oxygens (including phenoxy) is 1. The number of piperazine rings is 1. The molecule has 4 rings (SSSR count). The number of fused-ring (bicyclic) bond motifs is 1. The van der Waals surface area contributed by atoms with Crippen LogP contribution >= 0.6 is 0 Å². The smallest absolute Gasteiger partial charge is 0.257 e. The third-order valence-corrected chi connectivity index (χ3v) is 7.48. The summed E-state index contributed by atoms with van der Waals surface area (Å²) in [6.45, 7) is 6.00. The number of carbonyl (C=O) groups is 1. The SMILES string of the molecule is CC(C)Oc1ccc(S(=O)(=O)N2CCN(C(=O)c3cnn4c3CCCC4)CC2)cc1. The van der Waals surface area contributed by atoms with Crippen molar-refractivity contribution in [1.82, 2.24) is 19.0 Å². The van der Waals surface area contributed by atoms with Crippen LogP contribution in [0.4, 0.5) is 0 Å². The summed E-state index contributed by atoms with van der Waals surface area (Å²) in [7, 11) is -3.60. The Balaban J connectivity index is 1.41. The van der Waals surface area contributed by atoms with Crippen LogP contribution in [-0.4, -0.2) is 65.6 Å². The molecule has 1 fully saturated rings. The van der Waals surface area contributed by atoms with E-state index in [1.807, 2.05) is 18.5 Å². The maximum Gasteiger partial charge on any atom is 0.257 e. The first-order chi connectivity index (χ1) is 14.4. The molecular formula is C21H28N4O4S. The number of benzene rings is 1. The van der Waals surface area contributed by atoms with Gasteiger partial charge >= 0.3 is 0 Å². The van der Waals surface area contributed by atoms with Gasteiger partial charge in [0.05, 0.1) is 28.5 Å². The molecule has 0 atom stereocenters. The molecule has 2 aliphatic rings. The minimum atomic E-state index is -3.60. The van der Waals surface area contributed by atoms with Crippen LogP contribution < -0.4 is 4.74 Å². The third kappa shape index (κ3) is 4.09. The molecule has 9 heteroatoms. The predicted octanol–water partition coefficient (Wildman–Crippen LogP) is 2.15. The van der Waals surface area contributed by atoms with E-state index in [1.54, 1.807) is 35.4 Å². The fourth-order valence-electron chi connectivity index (χ4n) is 4.01. The fourth-order valence-corrected chi connectivity index (χ4v) is 5.44. The number of amides is 1. The zero-order chi connectivity index (χ0) is 21.3. The average Bonchev–Trinajstić information content (AvgIpc) is 3.17. The van der Waals surface area contributed by atoms with E-state index in [4.69, 9.17) is 4.74 Å². The third-order valence-electron chi connectivity index (χ3n) is 5.57. The van der Waals surface area contributed by atoms with E-state index in [1.165, 1.54) is 4.31 Å². The Hall–Kier alpha value is -2.39. The van der Waals surface area contributed by atoms with Crippen LogP contribution in [0, 0.1) is 0 Å². The first-order valence-corrected chi connectivity index (χ1v) is 11.9. The van der Waals surface area contributed by atoms with Gasteiger partial charge in [-0.05, 0) is 57.4 Å². The number of rotatable bonds is 5. The van der Waals surface area contributed by atoms with Gasteiger partial charge < -0.3 is 9.64 Å². The van der Waals surface area contributed by atoms with Crippen LogP contribution in [0.25, 0.3) is 0 Å². The van der Waals surface area contributed by atoms with Crippen molar-refractivity contribution in [2.24, 2.45) is 0 Å². The van der Waals surface area contributed by atoms with Gasteiger partial charge in [0, 0.05) is 32.7 Å². The predicted molar refractivity (Wildman–Crippen MR) is 112 cm³/mol. The van der Waals surface area contributed by atoms with Crippen LogP contribution in [0.15, 0.2) is 35.4 Å². The second-order valence-corrected chi connectivity index (χ2v) is 9.96. The summed E-state index contributed by atoms with van der Waals surface area (Å²) < 4.78 is 34.9. The molecule has 2 aromatic rings. The Morgan fingerprint density at radius 1 is 1.03 bits per heavy atom. The van der Waals surface area contributed by atoms with Crippen LogP contribution in [0.1, 0.15) is 42.7 Å². The Bertz CT molecular complexity index is 1010. The molecule has 0 spiro atoms. The van der Waals surface area contributed by atoms with Gasteiger partial charge in [-0.25, -0.2) is 8.42 Å². The van der Waals surface area contributed by atoms with E-state index >= 15 is 0 Å². The maximum atomic E-state index is 13.0. The van der Waals surface area contributed by atoms with Crippen LogP contribution in [0.2, 0.25) is 0 Å². The molecule has 0 aliphatic carbocycles. The zero-order valence-corrected chi connectivity index (χ0v) is 18.3. The highest BCUT2D eigenvalue weighted by Crippen LogP contribution is 2.23. The number of sulfonamides is 1. The van der Waals surface area contributed by atoms with Crippen molar-refractivity contribution in [3.8, 4) is 5.75 Å². The summed E-state index contributed by atoms with van der Waals surface area (Å²) in [5.74, 6) is 0.592. The Labute approximate surface area is 177 Å². The molecule has 8 nitrogen and oxygen atoms in total. The van der Waals surface area contributed by atoms with Crippen molar-refractivity contribution in [2.75, 3.05) is 26.2 Å². The number of aryl methyl sites for hydroxylation is 1. The second-order valence-electron chi connectivity index (χ2n) is 8.02. The van der Waals surface area contributed by atoms with Crippen LogP contribution in [0.5, 0.6) is 5.75 Å². The molecule has 1 saturated heterocycles. The van der Waals surface area contributed by atoms with E-state index in [-0.39, 0.29) is 30.0 Å². The van der Waals surface area contributed by atoms with Gasteiger partial charge in [-0.15, -0.1) is 0 Å². The fraction of sp³-hybridized carbons (Fsp3) is 0.524. The molecule has 0 radical (unpaired) electrons. The van der Waals surface area contributed by atoms with Gasteiger partial charge in [-0.1, -0.05) is 0 Å². The molecule has 0 unspecified atom stereocenters. The van der Waals surface area contributed by atoms with Crippen molar-refractivity contribution in [3.05, 3.63) is 41.7 Å². The van der Waals surface area contributed by atoms with Gasteiger partial charge in [0.25, 0.3) is 5.91 Å². The van der Waals surface area contributed by atoms with E-state index in [2.05, 4.69) is 5.10 Å². The summed E-state index contributed by atoms with van der Waals surface area (Å²) in [6, 6.07) is 6.50. The molecule has 0 saturated carbocycles. The van der Waals surface area contributed by atoms with Crippen LogP contribution in [0.3, 0.4) is 0 Å². The topological polar surface area (TPSA) is 84.7 Å². The molecule has 3 heterocycles. The molecule has 1 amide bonds. The van der Waals surface area contributed by atoms with Gasteiger partial charge in [0.2, 0.25) is 10.0 Å². The molecule has 1 aromatic carbocycles. The van der Waals surface area contributed by atoms with Gasteiger partial charge in [-0.3, -0.25) is 9.48 Å². The molecule has 162 valence electrons. The lowest BCUT2D eigenvalue weighted by Crippen LogP contribution is -2.50. The number of hydrogen-bond donors (Lipinski definition) is 0. The first-order valence-electron chi connectivity index (χ1n) is 10.5. The first kappa shape index (κ1) is 20.9. The normalized spacial score (nSPS) is 17.8. The monoisotopic (exact) mass is 432 g/mol. The molecule has 0 bridgehead atoms. The van der Waals surface area contributed by atoms with Crippen LogP contribution in [-0.2, 0) is 23.0 Å². The number of aromatic nitrogens is 2. The lowest BCUT2D eigenvalue weighted by atomic mass is 10.1. The van der Waals surface area contributed by atoms with E-state index < -0.39 is 10.0 Å². The minimum Gasteiger partial charge on any atom is -0.491 e. The zero-order valence-electron chi connectivity index (χ0n) is 17.5. The quantitative estimate of drug-likeness (QED) is 0.723. The summed E-state index contributed by atoms with van der Waals surface area (Å²) >= 11 is 0. The summed E-state index contributed by atoms with van der Waals surface area (Å²) in [4.78, 5) is 14.9. The lowest BCUT2D eigenvalue weighted by molar-refractivity contribution is 0.0696. The number of carbonyl (C=O) groups excluding carboxylic acids is 1. The van der Waals surface area contributed by atoms with Crippen molar-refractivity contribution >= 4 is 15.9 Å². The van der Waals surface area contributed by atoms with Gasteiger partial charge in [0.1, 0.15) is 5.75 Å². The van der Waals surface area contributed by atoms with Crippen molar-refractivity contribution in [3.63, 3.8) is 0 Å². The Morgan fingerprint density at radius 2 is 1.73 bits per heavy atom. The molecule has 0 N–H and O–H groups in total. The van der Waals surface area contributed by atoms with E-state index in [9.17, 15) is 13.2 Å². The number of hydrogen-bond acceptors (Lipinski definition) is 5. The second kappa shape index (κ2) is 8.39. The maximum absolute atomic E-state index is 13.0. The lowest BCUT2D eigenvalue weighted by Gasteiger charge is -2.34. The average molecular weight is 433 g/mol. The number of nitrogens with zero attached hydrogens (tertiary/aromatic N) is 4.